The molecular weight excluding hydrogens is 1650 g/mol. The number of carbonyl (C=O) groups is 10. The largest absolute Gasteiger partial charge is 0.481 e. The summed E-state index contributed by atoms with van der Waals surface area (Å²) < 4.78 is 86.7. The van der Waals surface area contributed by atoms with Crippen LogP contribution in [0.15, 0.2) is 0 Å². The molecule has 0 aromatic heterocycles. The van der Waals surface area contributed by atoms with Crippen molar-refractivity contribution in [1.82, 2.24) is 16.0 Å². The number of amides is 3. The summed E-state index contributed by atoms with van der Waals surface area (Å²) in [6, 6.07) is -3.31. The van der Waals surface area contributed by atoms with Gasteiger partial charge < -0.3 is 83.5 Å². The molecule has 0 fully saturated rings. The number of carboxylic acid groups (broad SMARTS) is 3. The van der Waals surface area contributed by atoms with Crippen LogP contribution in [0.3, 0.4) is 0 Å². The van der Waals surface area contributed by atoms with Crippen molar-refractivity contribution in [3.63, 3.8) is 0 Å². The van der Waals surface area contributed by atoms with Gasteiger partial charge in [0.15, 0.2) is 0 Å². The quantitative estimate of drug-likeness (QED) is 0.0243. The summed E-state index contributed by atoms with van der Waals surface area (Å²) in [5, 5.41) is 34.1. The van der Waals surface area contributed by atoms with E-state index in [1.165, 1.54) is 115 Å². The molecule has 0 rings (SSSR count). The van der Waals surface area contributed by atoms with E-state index in [-0.39, 0.29) is 36.1 Å². The van der Waals surface area contributed by atoms with Gasteiger partial charge in [0.2, 0.25) is 17.7 Å². The summed E-state index contributed by atoms with van der Waals surface area (Å²) >= 11 is 0. The summed E-state index contributed by atoms with van der Waals surface area (Å²) in [6.07, 6.45) is 41.4. The van der Waals surface area contributed by atoms with Crippen LogP contribution in [0.1, 0.15) is 409 Å². The first kappa shape index (κ1) is 133. The number of hydrogen-bond acceptors (Lipinski definition) is 22. The molecule has 0 aliphatic carbocycles. The van der Waals surface area contributed by atoms with E-state index >= 15 is 0 Å². The Bertz CT molecular complexity index is 2830. The molecule has 744 valence electrons. The highest BCUT2D eigenvalue weighted by molar-refractivity contribution is 7.90. The van der Waals surface area contributed by atoms with Crippen LogP contribution in [0, 0.1) is 5.92 Å². The predicted molar refractivity (Wildman–Crippen MR) is 503 cm³/mol. The molecule has 0 aromatic carbocycles. The normalized spacial score (nSPS) is 12.0. The zero-order chi connectivity index (χ0) is 96.9. The second-order valence-electron chi connectivity index (χ2n) is 35.4. The molecule has 0 saturated heterocycles. The van der Waals surface area contributed by atoms with Gasteiger partial charge >= 0.3 is 23.9 Å². The lowest BCUT2D eigenvalue weighted by Gasteiger charge is -2.23. The summed E-state index contributed by atoms with van der Waals surface area (Å²) in [7, 11) is -5.51. The van der Waals surface area contributed by atoms with Crippen LogP contribution >= 0.6 is 0 Å². The average Bonchev–Trinajstić information content (AvgIpc) is 0.861. The number of aliphatic carboxylic acids is 3. The van der Waals surface area contributed by atoms with Crippen molar-refractivity contribution in [1.29, 1.82) is 0 Å². The number of Topliss-reactive ketones (excluding diaryl/α,β-unsaturated/α-hetero) is 3. The molecule has 0 aliphatic heterocycles. The molecule has 125 heavy (non-hydrogen) atoms. The molecule has 0 aliphatic rings. The fourth-order valence-corrected chi connectivity index (χ4v) is 12.8. The molecule has 3 atom stereocenters. The van der Waals surface area contributed by atoms with Crippen molar-refractivity contribution >= 4 is 78.6 Å². The molecule has 0 unspecified atom stereocenters. The fourth-order valence-electron chi connectivity index (χ4n) is 11.3. The van der Waals surface area contributed by atoms with Crippen molar-refractivity contribution < 1.29 is 118 Å². The van der Waals surface area contributed by atoms with E-state index in [9.17, 15) is 64.8 Å². The second kappa shape index (κ2) is 90.8. The minimum atomic E-state index is -2.76. The van der Waals surface area contributed by atoms with Gasteiger partial charge in [-0.15, -0.1) is 0 Å². The predicted octanol–water partition coefficient (Wildman–Crippen LogP) is 19.0. The van der Waals surface area contributed by atoms with Gasteiger partial charge in [0.1, 0.15) is 54.7 Å². The van der Waals surface area contributed by atoms with Gasteiger partial charge in [-0.3, -0.25) is 33.6 Å². The highest BCUT2D eigenvalue weighted by Crippen LogP contribution is 2.16. The fraction of sp³-hybridized carbons (Fsp3) is 0.895. The van der Waals surface area contributed by atoms with Crippen molar-refractivity contribution in [2.45, 2.75) is 469 Å². The Hall–Kier alpha value is -5.08. The number of carbonyl (C=O) groups excluding carboxylic acids is 7. The van der Waals surface area contributed by atoms with Crippen molar-refractivity contribution in [3.05, 3.63) is 0 Å². The van der Waals surface area contributed by atoms with Crippen LogP contribution in [-0.2, 0) is 106 Å². The third-order valence-corrected chi connectivity index (χ3v) is 19.8. The number of esters is 1. The summed E-state index contributed by atoms with van der Waals surface area (Å²) in [4.78, 5) is 115. The molecular formula is C95H187N3O25S2. The number of sulfone groups is 2. The van der Waals surface area contributed by atoms with Crippen molar-refractivity contribution in [2.24, 2.45) is 5.92 Å². The number of nitrogens with one attached hydrogen (secondary N) is 3. The van der Waals surface area contributed by atoms with E-state index in [1.54, 1.807) is 13.8 Å². The molecule has 0 aromatic rings. The Balaban J connectivity index is -0.000000275. The third kappa shape index (κ3) is 130. The molecule has 30 heteroatoms. The van der Waals surface area contributed by atoms with Crippen molar-refractivity contribution in [2.75, 3.05) is 76.8 Å². The maximum absolute atomic E-state index is 12.7. The van der Waals surface area contributed by atoms with E-state index in [4.69, 9.17) is 53.2 Å². The highest BCUT2D eigenvalue weighted by Gasteiger charge is 2.33. The summed E-state index contributed by atoms with van der Waals surface area (Å²) in [6.45, 7) is 46.8. The van der Waals surface area contributed by atoms with Gasteiger partial charge in [0.05, 0.1) is 67.9 Å². The zero-order valence-electron chi connectivity index (χ0n) is 83.0. The number of ketones is 3. The second-order valence-corrected chi connectivity index (χ2v) is 39.9. The molecule has 0 bridgehead atoms. The first-order valence-corrected chi connectivity index (χ1v) is 51.4. The van der Waals surface area contributed by atoms with Gasteiger partial charge in [-0.1, -0.05) is 148 Å². The van der Waals surface area contributed by atoms with Crippen LogP contribution in [0.5, 0.6) is 0 Å². The smallest absolute Gasteiger partial charge is 0.306 e. The Kier molecular flexibility index (Phi) is 96.7. The van der Waals surface area contributed by atoms with Crippen LogP contribution < -0.4 is 16.0 Å². The Morgan fingerprint density at radius 2 is 0.560 bits per heavy atom. The van der Waals surface area contributed by atoms with Crippen molar-refractivity contribution in [3.8, 4) is 0 Å². The van der Waals surface area contributed by atoms with Gasteiger partial charge in [-0.2, -0.15) is 0 Å². The number of carboxylic acids is 3. The van der Waals surface area contributed by atoms with Gasteiger partial charge in [-0.25, -0.2) is 16.8 Å². The first-order chi connectivity index (χ1) is 58.4. The van der Waals surface area contributed by atoms with E-state index < -0.39 is 105 Å². The standard InChI is InChI=1S/C24H39N3O11.C15H30O3.C14H30O3S.C12H26O3S.C12H24O2.C10H22O.C8H16O2/c1-14(2)38-9-7-5-4-6-8-25-23(36)17(12-20(31)32)27-24(37)18(13-21(33)34)26-22(35)16(10-15(3)28)11-19(29)30;1-13(2)17-12-10-8-6-7-9-11-14(16)18-15(3,4)5;1-14(2)17-12-10-8-6-4-5-7-9-11-13-18(3,15)16;1-12(2)15-10-8-6-4-5-7-9-11-16(3,13)14;1-11(2)14-10-8-6-4-5-7-9-12(3)13;1-4-5-6-7-8-9-11-10(2)3;1-7(2)10-6-4-5-8(3)9/h14,16-18H,4-13H2,1-3H3,(H,25,36)(H,26,35)(H,27,37)(H,29,30)(H,31,32)(H,33,34);13H,6-12H2,1-5H3;14H,4-13H2,1-3H3;12H,4-11H2,1-3H3;11H,4-10H2,1-3H3;10H,4-9H2,1-3H3;7H,4-6H2,1-3H3/t16-,17-,18-;;;;;;/m0....../s1. The number of rotatable bonds is 73. The monoisotopic (exact) mass is 1830 g/mol. The minimum absolute atomic E-state index is 0.0781. The lowest BCUT2D eigenvalue weighted by atomic mass is 9.97. The maximum Gasteiger partial charge on any atom is 0.306 e. The van der Waals surface area contributed by atoms with Crippen LogP contribution in [0.25, 0.3) is 0 Å². The number of ether oxygens (including phenoxy) is 8. The number of hydrogen-bond donors (Lipinski definition) is 6. The van der Waals surface area contributed by atoms with Gasteiger partial charge in [-0.05, 0) is 216 Å². The van der Waals surface area contributed by atoms with E-state index in [0.717, 1.165) is 156 Å². The summed E-state index contributed by atoms with van der Waals surface area (Å²) in [5.41, 5.74) is -0.356. The topological polar surface area (TPSA) is 410 Å². The SMILES string of the molecule is CC(=O)CCCCCCCOC(C)C.CC(=O)CCCOC(C)C.CC(=O)C[C@@H](CC(=O)O)C(=O)N[C@@H](CC(=O)O)C(=O)N[C@@H](CC(=O)O)C(=O)NCCCCCCOC(C)C.CC(C)OCCCCCCCC(=O)OC(C)(C)C.CC(C)OCCCCCCCCCCS(C)(=O)=O.CC(C)OCCCCCCCCS(C)(=O)=O.CCCCCCCOC(C)C. The van der Waals surface area contributed by atoms with Crippen LogP contribution in [0.4, 0.5) is 0 Å². The molecule has 6 N–H and O–H groups in total. The molecule has 28 nitrogen and oxygen atoms in total. The highest BCUT2D eigenvalue weighted by atomic mass is 32.2. The molecule has 0 saturated carbocycles. The average molecular weight is 1840 g/mol. The number of unbranched alkanes of at least 4 members (excludes halogenated alkanes) is 27. The van der Waals surface area contributed by atoms with E-state index in [0.29, 0.717) is 80.3 Å². The van der Waals surface area contributed by atoms with Crippen LogP contribution in [-0.4, -0.2) is 228 Å². The molecule has 3 amide bonds. The third-order valence-electron chi connectivity index (χ3n) is 17.7. The Morgan fingerprint density at radius 3 is 0.840 bits per heavy atom. The van der Waals surface area contributed by atoms with Gasteiger partial charge in [0.25, 0.3) is 0 Å². The maximum atomic E-state index is 12.7. The molecule has 0 heterocycles. The van der Waals surface area contributed by atoms with E-state index in [1.807, 2.05) is 62.3 Å². The zero-order valence-corrected chi connectivity index (χ0v) is 84.6. The lowest BCUT2D eigenvalue weighted by molar-refractivity contribution is -0.155. The van der Waals surface area contributed by atoms with Gasteiger partial charge in [0, 0.05) is 102 Å². The Morgan fingerprint density at radius 1 is 0.304 bits per heavy atom. The lowest BCUT2D eigenvalue weighted by Crippen LogP contribution is -2.55. The summed E-state index contributed by atoms with van der Waals surface area (Å²) in [5.74, 6) is -7.96. The van der Waals surface area contributed by atoms with E-state index in [2.05, 4.69) is 78.3 Å². The molecule has 0 radical (unpaired) electrons. The Labute approximate surface area is 760 Å². The molecule has 0 spiro atoms. The van der Waals surface area contributed by atoms with Crippen LogP contribution in [0.2, 0.25) is 0 Å². The minimum Gasteiger partial charge on any atom is -0.481 e. The first-order valence-electron chi connectivity index (χ1n) is 47.3.